The molecule has 0 unspecified atom stereocenters. The number of imidazole rings is 1. The van der Waals surface area contributed by atoms with Crippen LogP contribution in [-0.4, -0.2) is 46.8 Å². The first kappa shape index (κ1) is 18.9. The van der Waals surface area contributed by atoms with Crippen LogP contribution in [-0.2, 0) is 4.79 Å². The molecule has 0 spiro atoms. The van der Waals surface area contributed by atoms with Crippen LogP contribution in [0, 0.1) is 0 Å². The first-order chi connectivity index (χ1) is 13.6. The fraction of sp³-hybridized carbons (Fsp3) is 0.158. The average molecular weight is 381 g/mol. The Bertz CT molecular complexity index is 943. The molecule has 9 nitrogen and oxygen atoms in total. The molecule has 0 saturated heterocycles. The van der Waals surface area contributed by atoms with Gasteiger partial charge in [-0.05, 0) is 23.8 Å². The van der Waals surface area contributed by atoms with Gasteiger partial charge in [-0.15, -0.1) is 0 Å². The molecule has 0 atom stereocenters. The predicted octanol–water partition coefficient (Wildman–Crippen LogP) is 2.34. The zero-order chi connectivity index (χ0) is 19.9. The molecule has 0 fully saturated rings. The van der Waals surface area contributed by atoms with Crippen LogP contribution in [0.15, 0.2) is 49.3 Å². The van der Waals surface area contributed by atoms with Gasteiger partial charge in [0.05, 0.1) is 39.4 Å². The average Bonchev–Trinajstić information content (AvgIpc) is 3.26. The third-order valence-corrected chi connectivity index (χ3v) is 3.76. The molecule has 1 aromatic carbocycles. The summed E-state index contributed by atoms with van der Waals surface area (Å²) in [7, 11) is 4.60. The molecule has 0 aliphatic carbocycles. The largest absolute Gasteiger partial charge is 0.493 e. The van der Waals surface area contributed by atoms with Crippen molar-refractivity contribution in [3.63, 3.8) is 0 Å². The highest BCUT2D eigenvalue weighted by Gasteiger charge is 2.12. The number of anilines is 1. The topological polar surface area (TPSA) is 100 Å². The van der Waals surface area contributed by atoms with Gasteiger partial charge < -0.3 is 19.5 Å². The highest BCUT2D eigenvalue weighted by atomic mass is 16.5. The molecule has 2 aromatic heterocycles. The Kier molecular flexibility index (Phi) is 5.85. The molecule has 144 valence electrons. The number of nitrogens with one attached hydrogen (secondary N) is 1. The van der Waals surface area contributed by atoms with Crippen LogP contribution < -0.4 is 19.5 Å². The lowest BCUT2D eigenvalue weighted by atomic mass is 10.1. The van der Waals surface area contributed by atoms with Crippen molar-refractivity contribution in [2.75, 3.05) is 26.6 Å². The molecular formula is C19H19N5O4. The monoisotopic (exact) mass is 381 g/mol. The van der Waals surface area contributed by atoms with Crippen molar-refractivity contribution in [1.82, 2.24) is 19.5 Å². The maximum Gasteiger partial charge on any atom is 0.248 e. The number of ether oxygens (including phenoxy) is 3. The third-order valence-electron chi connectivity index (χ3n) is 3.76. The molecule has 9 heteroatoms. The molecule has 0 saturated carbocycles. The SMILES string of the molecule is COc1cc(/C=C/C(=O)Nc2cnc(-n3ccnc3)nc2)cc(OC)c1OC. The minimum atomic E-state index is -0.326. The van der Waals surface area contributed by atoms with E-state index in [4.69, 9.17) is 14.2 Å². The molecule has 1 N–H and O–H groups in total. The molecule has 3 rings (SSSR count). The van der Waals surface area contributed by atoms with E-state index in [-0.39, 0.29) is 5.91 Å². The molecule has 28 heavy (non-hydrogen) atoms. The van der Waals surface area contributed by atoms with Crippen LogP contribution in [0.5, 0.6) is 17.2 Å². The second kappa shape index (κ2) is 8.67. The lowest BCUT2D eigenvalue weighted by Crippen LogP contribution is -2.09. The number of amides is 1. The standard InChI is InChI=1S/C19H19N5O4/c1-26-15-8-13(9-16(27-2)18(15)28-3)4-5-17(25)23-14-10-21-19(22-11-14)24-7-6-20-12-24/h4-12H,1-3H3,(H,23,25)/b5-4+. The Morgan fingerprint density at radius 3 is 2.29 bits per heavy atom. The minimum Gasteiger partial charge on any atom is -0.493 e. The second-order valence-corrected chi connectivity index (χ2v) is 5.52. The van der Waals surface area contributed by atoms with E-state index in [1.807, 2.05) is 0 Å². The number of carbonyl (C=O) groups excluding carboxylic acids is 1. The van der Waals surface area contributed by atoms with Gasteiger partial charge in [0, 0.05) is 18.5 Å². The Balaban J connectivity index is 1.70. The number of hydrogen-bond donors (Lipinski definition) is 1. The number of rotatable bonds is 7. The Morgan fingerprint density at radius 1 is 1.07 bits per heavy atom. The van der Waals surface area contributed by atoms with Crippen molar-refractivity contribution in [1.29, 1.82) is 0 Å². The number of benzene rings is 1. The molecule has 2 heterocycles. The number of methoxy groups -OCH3 is 3. The summed E-state index contributed by atoms with van der Waals surface area (Å²) >= 11 is 0. The highest BCUT2D eigenvalue weighted by Crippen LogP contribution is 2.38. The van der Waals surface area contributed by atoms with E-state index in [0.717, 1.165) is 5.56 Å². The molecule has 3 aromatic rings. The smallest absolute Gasteiger partial charge is 0.248 e. The fourth-order valence-corrected chi connectivity index (χ4v) is 2.45. The van der Waals surface area contributed by atoms with Gasteiger partial charge in [0.25, 0.3) is 0 Å². The van der Waals surface area contributed by atoms with Gasteiger partial charge in [-0.25, -0.2) is 15.0 Å². The van der Waals surface area contributed by atoms with E-state index < -0.39 is 0 Å². The van der Waals surface area contributed by atoms with Gasteiger partial charge in [-0.2, -0.15) is 0 Å². The minimum absolute atomic E-state index is 0.326. The first-order valence-electron chi connectivity index (χ1n) is 8.24. The van der Waals surface area contributed by atoms with Crippen LogP contribution in [0.4, 0.5) is 5.69 Å². The van der Waals surface area contributed by atoms with Crippen LogP contribution in [0.2, 0.25) is 0 Å². The zero-order valence-electron chi connectivity index (χ0n) is 15.6. The molecule has 0 aliphatic heterocycles. The van der Waals surface area contributed by atoms with Gasteiger partial charge in [0.2, 0.25) is 17.6 Å². The number of hydrogen-bond acceptors (Lipinski definition) is 7. The van der Waals surface area contributed by atoms with E-state index in [9.17, 15) is 4.79 Å². The van der Waals surface area contributed by atoms with Gasteiger partial charge in [-0.3, -0.25) is 9.36 Å². The summed E-state index contributed by atoms with van der Waals surface area (Å²) in [5, 5.41) is 2.70. The lowest BCUT2D eigenvalue weighted by molar-refractivity contribution is -0.111. The quantitative estimate of drug-likeness (QED) is 0.627. The summed E-state index contributed by atoms with van der Waals surface area (Å²) in [6.07, 6.45) is 11.0. The highest BCUT2D eigenvalue weighted by molar-refractivity contribution is 6.01. The summed E-state index contributed by atoms with van der Waals surface area (Å²) in [6.45, 7) is 0. The Hall–Kier alpha value is -3.88. The summed E-state index contributed by atoms with van der Waals surface area (Å²) < 4.78 is 17.5. The van der Waals surface area contributed by atoms with Crippen LogP contribution in [0.25, 0.3) is 12.0 Å². The van der Waals surface area contributed by atoms with Crippen molar-refractivity contribution in [3.8, 4) is 23.2 Å². The van der Waals surface area contributed by atoms with Gasteiger partial charge in [-0.1, -0.05) is 0 Å². The molecule has 0 radical (unpaired) electrons. The fourth-order valence-electron chi connectivity index (χ4n) is 2.45. The summed E-state index contributed by atoms with van der Waals surface area (Å²) in [5.41, 5.74) is 1.19. The predicted molar refractivity (Wildman–Crippen MR) is 103 cm³/mol. The van der Waals surface area contributed by atoms with E-state index in [2.05, 4.69) is 20.3 Å². The van der Waals surface area contributed by atoms with Crippen LogP contribution >= 0.6 is 0 Å². The molecular weight excluding hydrogens is 362 g/mol. The maximum atomic E-state index is 12.2. The van der Waals surface area contributed by atoms with Crippen molar-refractivity contribution in [3.05, 3.63) is 54.9 Å². The normalized spacial score (nSPS) is 10.7. The van der Waals surface area contributed by atoms with Crippen molar-refractivity contribution in [2.45, 2.75) is 0 Å². The molecule has 1 amide bonds. The third kappa shape index (κ3) is 4.26. The van der Waals surface area contributed by atoms with E-state index in [1.54, 1.807) is 41.5 Å². The summed E-state index contributed by atoms with van der Waals surface area (Å²) in [4.78, 5) is 24.5. The van der Waals surface area contributed by atoms with Gasteiger partial charge in [0.15, 0.2) is 11.5 Å². The van der Waals surface area contributed by atoms with Gasteiger partial charge in [0.1, 0.15) is 6.33 Å². The van der Waals surface area contributed by atoms with E-state index in [1.165, 1.54) is 39.8 Å². The molecule has 0 aliphatic rings. The first-order valence-corrected chi connectivity index (χ1v) is 8.24. The van der Waals surface area contributed by atoms with Crippen LogP contribution in [0.3, 0.4) is 0 Å². The van der Waals surface area contributed by atoms with Crippen molar-refractivity contribution < 1.29 is 19.0 Å². The summed E-state index contributed by atoms with van der Waals surface area (Å²) in [6, 6.07) is 3.49. The van der Waals surface area contributed by atoms with Crippen molar-refractivity contribution in [2.24, 2.45) is 0 Å². The van der Waals surface area contributed by atoms with Crippen molar-refractivity contribution >= 4 is 17.7 Å². The molecule has 0 bridgehead atoms. The van der Waals surface area contributed by atoms with Crippen LogP contribution in [0.1, 0.15) is 5.56 Å². The number of nitrogens with zero attached hydrogens (tertiary/aromatic N) is 4. The van der Waals surface area contributed by atoms with E-state index in [0.29, 0.717) is 28.9 Å². The lowest BCUT2D eigenvalue weighted by Gasteiger charge is -2.12. The second-order valence-electron chi connectivity index (χ2n) is 5.52. The zero-order valence-corrected chi connectivity index (χ0v) is 15.6. The maximum absolute atomic E-state index is 12.2. The Labute approximate surface area is 161 Å². The Morgan fingerprint density at radius 2 is 1.75 bits per heavy atom. The summed E-state index contributed by atoms with van der Waals surface area (Å²) in [5.74, 6) is 1.63. The number of carbonyl (C=O) groups is 1. The van der Waals surface area contributed by atoms with Gasteiger partial charge >= 0.3 is 0 Å². The van der Waals surface area contributed by atoms with E-state index >= 15 is 0 Å². The number of aromatic nitrogens is 4.